The molecule has 3 rings (SSSR count). The van der Waals surface area contributed by atoms with Gasteiger partial charge < -0.3 is 15.1 Å². The predicted molar refractivity (Wildman–Crippen MR) is 68.1 cm³/mol. The zero-order chi connectivity index (χ0) is 12.2. The topological polar surface area (TPSA) is 68.9 Å². The second kappa shape index (κ2) is 3.42. The van der Waals surface area contributed by atoms with E-state index < -0.39 is 0 Å². The number of pyridine rings is 1. The number of nitrogens with one attached hydrogen (secondary N) is 2. The third-order valence-corrected chi connectivity index (χ3v) is 3.10. The largest absolute Gasteiger partial charge is 0.505 e. The van der Waals surface area contributed by atoms with E-state index in [1.165, 1.54) is 0 Å². The second-order valence-corrected chi connectivity index (χ2v) is 4.55. The molecule has 0 radical (unpaired) electrons. The number of benzene rings is 1. The first-order chi connectivity index (χ1) is 8.06. The first-order valence-electron chi connectivity index (χ1n) is 4.79. The van der Waals surface area contributed by atoms with Crippen LogP contribution in [0.5, 0.6) is 5.75 Å². The first kappa shape index (κ1) is 10.5. The molecule has 0 saturated heterocycles. The second-order valence-electron chi connectivity index (χ2n) is 3.70. The van der Waals surface area contributed by atoms with Crippen molar-refractivity contribution in [2.24, 2.45) is 0 Å². The van der Waals surface area contributed by atoms with Gasteiger partial charge in [-0.05, 0) is 12.1 Å². The van der Waals surface area contributed by atoms with Crippen LogP contribution in [0.1, 0.15) is 0 Å². The fourth-order valence-electron chi connectivity index (χ4n) is 1.92. The highest BCUT2D eigenvalue weighted by molar-refractivity contribution is 6.40. The number of H-pyrrole nitrogens is 2. The summed E-state index contributed by atoms with van der Waals surface area (Å²) in [7, 11) is 0. The molecule has 0 aliphatic carbocycles. The van der Waals surface area contributed by atoms with Crippen molar-refractivity contribution in [2.45, 2.75) is 0 Å². The standard InChI is InChI=1S/C11H6Cl2N2O2/c12-4-1-5(13)9-6(2-4)14-10-7(16)3-8(17)15-11(9)10/h1-3,14H,(H2,15,16,17). The number of aromatic amines is 2. The minimum absolute atomic E-state index is 0.118. The Labute approximate surface area is 105 Å². The van der Waals surface area contributed by atoms with E-state index in [-0.39, 0.29) is 11.3 Å². The predicted octanol–water partition coefficient (Wildman–Crippen LogP) is 3.02. The molecule has 3 aromatic rings. The van der Waals surface area contributed by atoms with Crippen molar-refractivity contribution >= 4 is 45.1 Å². The summed E-state index contributed by atoms with van der Waals surface area (Å²) in [6, 6.07) is 4.37. The molecule has 0 unspecified atom stereocenters. The quantitative estimate of drug-likeness (QED) is 0.587. The Morgan fingerprint density at radius 1 is 1.06 bits per heavy atom. The molecule has 3 N–H and O–H groups in total. The Hall–Kier alpha value is -1.65. The van der Waals surface area contributed by atoms with Crippen LogP contribution < -0.4 is 5.56 Å². The van der Waals surface area contributed by atoms with Crippen molar-refractivity contribution < 1.29 is 5.11 Å². The van der Waals surface area contributed by atoms with Crippen LogP contribution >= 0.6 is 23.2 Å². The van der Waals surface area contributed by atoms with Gasteiger partial charge in [-0.3, -0.25) is 4.79 Å². The molecule has 0 atom stereocenters. The highest BCUT2D eigenvalue weighted by atomic mass is 35.5. The van der Waals surface area contributed by atoms with E-state index in [0.717, 1.165) is 6.07 Å². The van der Waals surface area contributed by atoms with Gasteiger partial charge in [-0.25, -0.2) is 0 Å². The van der Waals surface area contributed by atoms with Gasteiger partial charge in [-0.1, -0.05) is 23.2 Å². The summed E-state index contributed by atoms with van der Waals surface area (Å²) in [6.07, 6.45) is 0. The zero-order valence-electron chi connectivity index (χ0n) is 8.34. The van der Waals surface area contributed by atoms with E-state index in [1.807, 2.05) is 0 Å². The van der Waals surface area contributed by atoms with Crippen LogP contribution in [0.15, 0.2) is 23.0 Å². The summed E-state index contributed by atoms with van der Waals surface area (Å²) in [4.78, 5) is 16.9. The first-order valence-corrected chi connectivity index (χ1v) is 5.54. The Morgan fingerprint density at radius 3 is 2.59 bits per heavy atom. The smallest absolute Gasteiger partial charge is 0.252 e. The fourth-order valence-corrected chi connectivity index (χ4v) is 2.51. The van der Waals surface area contributed by atoms with Gasteiger partial charge in [0, 0.05) is 16.5 Å². The molecule has 0 fully saturated rings. The average Bonchev–Trinajstić information content (AvgIpc) is 2.56. The molecule has 0 saturated carbocycles. The van der Waals surface area contributed by atoms with E-state index in [2.05, 4.69) is 9.97 Å². The molecule has 0 bridgehead atoms. The lowest BCUT2D eigenvalue weighted by Crippen LogP contribution is -2.02. The number of hydrogen-bond donors (Lipinski definition) is 3. The highest BCUT2D eigenvalue weighted by Gasteiger charge is 2.12. The van der Waals surface area contributed by atoms with Crippen LogP contribution in [0, 0.1) is 0 Å². The van der Waals surface area contributed by atoms with Gasteiger partial charge in [-0.15, -0.1) is 0 Å². The molecule has 2 aromatic heterocycles. The van der Waals surface area contributed by atoms with Crippen LogP contribution in [0.25, 0.3) is 21.9 Å². The van der Waals surface area contributed by atoms with E-state index in [4.69, 9.17) is 23.2 Å². The zero-order valence-corrected chi connectivity index (χ0v) is 9.86. The Morgan fingerprint density at radius 2 is 1.82 bits per heavy atom. The van der Waals surface area contributed by atoms with Crippen molar-refractivity contribution in [2.75, 3.05) is 0 Å². The molecule has 0 amide bonds. The maximum Gasteiger partial charge on any atom is 0.252 e. The third kappa shape index (κ3) is 1.49. The number of halogens is 2. The minimum atomic E-state index is -0.387. The van der Waals surface area contributed by atoms with Gasteiger partial charge >= 0.3 is 0 Å². The lowest BCUT2D eigenvalue weighted by molar-refractivity contribution is 0.479. The monoisotopic (exact) mass is 268 g/mol. The lowest BCUT2D eigenvalue weighted by atomic mass is 10.2. The van der Waals surface area contributed by atoms with Gasteiger partial charge in [0.2, 0.25) is 0 Å². The number of fused-ring (bicyclic) bond motifs is 3. The van der Waals surface area contributed by atoms with E-state index in [9.17, 15) is 9.90 Å². The molecule has 0 spiro atoms. The summed E-state index contributed by atoms with van der Waals surface area (Å²) < 4.78 is 0. The highest BCUT2D eigenvalue weighted by Crippen LogP contribution is 2.34. The summed E-state index contributed by atoms with van der Waals surface area (Å²) in [6.45, 7) is 0. The van der Waals surface area contributed by atoms with Crippen LogP contribution in [-0.2, 0) is 0 Å². The molecule has 6 heteroatoms. The minimum Gasteiger partial charge on any atom is -0.505 e. The van der Waals surface area contributed by atoms with Crippen molar-refractivity contribution in [3.05, 3.63) is 38.6 Å². The van der Waals surface area contributed by atoms with Gasteiger partial charge in [0.05, 0.1) is 16.1 Å². The Kier molecular flexibility index (Phi) is 2.11. The molecular formula is C11H6Cl2N2O2. The summed E-state index contributed by atoms with van der Waals surface area (Å²) >= 11 is 12.0. The number of hydrogen-bond acceptors (Lipinski definition) is 2. The van der Waals surface area contributed by atoms with Crippen molar-refractivity contribution in [1.82, 2.24) is 9.97 Å². The number of aromatic nitrogens is 2. The SMILES string of the molecule is O=c1cc(O)c2[nH]c3cc(Cl)cc(Cl)c3c2[nH]1. The molecular weight excluding hydrogens is 263 g/mol. The lowest BCUT2D eigenvalue weighted by Gasteiger charge is -1.96. The molecule has 2 heterocycles. The Bertz CT molecular complexity index is 804. The van der Waals surface area contributed by atoms with E-state index in [1.54, 1.807) is 12.1 Å². The molecule has 4 nitrogen and oxygen atoms in total. The van der Waals surface area contributed by atoms with E-state index in [0.29, 0.717) is 32.0 Å². The fraction of sp³-hybridized carbons (Fsp3) is 0. The van der Waals surface area contributed by atoms with Crippen LogP contribution in [0.3, 0.4) is 0 Å². The normalized spacial score (nSPS) is 11.4. The van der Waals surface area contributed by atoms with Gasteiger partial charge in [0.15, 0.2) is 0 Å². The summed E-state index contributed by atoms with van der Waals surface area (Å²) in [5.74, 6) is -0.118. The van der Waals surface area contributed by atoms with Crippen LogP contribution in [0.4, 0.5) is 0 Å². The van der Waals surface area contributed by atoms with Crippen molar-refractivity contribution in [3.8, 4) is 5.75 Å². The summed E-state index contributed by atoms with van der Waals surface area (Å²) in [5, 5.41) is 11.2. The average molecular weight is 269 g/mol. The van der Waals surface area contributed by atoms with Crippen LogP contribution in [-0.4, -0.2) is 15.1 Å². The third-order valence-electron chi connectivity index (χ3n) is 2.59. The molecule has 17 heavy (non-hydrogen) atoms. The molecule has 86 valence electrons. The maximum atomic E-state index is 11.3. The van der Waals surface area contributed by atoms with Crippen molar-refractivity contribution in [3.63, 3.8) is 0 Å². The van der Waals surface area contributed by atoms with Gasteiger partial charge in [-0.2, -0.15) is 0 Å². The number of aromatic hydroxyl groups is 1. The number of rotatable bonds is 0. The van der Waals surface area contributed by atoms with Crippen LogP contribution in [0.2, 0.25) is 10.0 Å². The van der Waals surface area contributed by atoms with E-state index >= 15 is 0 Å². The molecule has 1 aromatic carbocycles. The van der Waals surface area contributed by atoms with Gasteiger partial charge in [0.25, 0.3) is 5.56 Å². The molecule has 0 aliphatic heterocycles. The van der Waals surface area contributed by atoms with Gasteiger partial charge in [0.1, 0.15) is 11.3 Å². The maximum absolute atomic E-state index is 11.3. The molecule has 0 aliphatic rings. The summed E-state index contributed by atoms with van der Waals surface area (Å²) in [5.41, 5.74) is 1.19. The van der Waals surface area contributed by atoms with Crippen molar-refractivity contribution in [1.29, 1.82) is 0 Å². The Balaban J connectivity index is 2.65.